The van der Waals surface area contributed by atoms with Gasteiger partial charge in [-0.2, -0.15) is 0 Å². The Balaban J connectivity index is 1.87. The van der Waals surface area contributed by atoms with Crippen LogP contribution >= 0.6 is 11.3 Å². The van der Waals surface area contributed by atoms with E-state index in [2.05, 4.69) is 24.9 Å². The van der Waals surface area contributed by atoms with Gasteiger partial charge in [0.05, 0.1) is 15.8 Å². The lowest BCUT2D eigenvalue weighted by molar-refractivity contribution is 0.562. The quantitative estimate of drug-likeness (QED) is 0.459. The average Bonchev–Trinajstić information content (AvgIpc) is 3.03. The van der Waals surface area contributed by atoms with Crippen molar-refractivity contribution in [3.63, 3.8) is 0 Å². The molecule has 2 heterocycles. The summed E-state index contributed by atoms with van der Waals surface area (Å²) in [5, 5.41) is 1.63. The van der Waals surface area contributed by atoms with Crippen LogP contribution in [0.3, 0.4) is 0 Å². The Labute approximate surface area is 143 Å². The maximum Gasteiger partial charge on any atom is 0.346 e. The SMILES string of the molecule is CCC(C)c1ccc2cc(-c3nc4ccccc4s3)c(=O)oc2c1. The predicted molar refractivity (Wildman–Crippen MR) is 99.8 cm³/mol. The fourth-order valence-corrected chi connectivity index (χ4v) is 3.78. The van der Waals surface area contributed by atoms with Gasteiger partial charge in [-0.1, -0.05) is 38.1 Å². The van der Waals surface area contributed by atoms with Crippen LogP contribution in [0.4, 0.5) is 0 Å². The van der Waals surface area contributed by atoms with Crippen molar-refractivity contribution in [2.75, 3.05) is 0 Å². The fraction of sp³-hybridized carbons (Fsp3) is 0.200. The van der Waals surface area contributed by atoms with Gasteiger partial charge < -0.3 is 4.42 Å². The zero-order chi connectivity index (χ0) is 16.7. The topological polar surface area (TPSA) is 43.1 Å². The van der Waals surface area contributed by atoms with E-state index in [1.807, 2.05) is 42.5 Å². The van der Waals surface area contributed by atoms with Crippen LogP contribution in [0.15, 0.2) is 57.7 Å². The Kier molecular flexibility index (Phi) is 3.69. The summed E-state index contributed by atoms with van der Waals surface area (Å²) in [7, 11) is 0. The second-order valence-corrected chi connectivity index (χ2v) is 7.07. The molecule has 2 aromatic carbocycles. The van der Waals surface area contributed by atoms with E-state index >= 15 is 0 Å². The van der Waals surface area contributed by atoms with Crippen molar-refractivity contribution in [2.45, 2.75) is 26.2 Å². The minimum absolute atomic E-state index is 0.331. The van der Waals surface area contributed by atoms with Gasteiger partial charge in [-0.25, -0.2) is 9.78 Å². The lowest BCUT2D eigenvalue weighted by atomic mass is 9.97. The molecule has 0 saturated carbocycles. The fourth-order valence-electron chi connectivity index (χ4n) is 2.81. The largest absolute Gasteiger partial charge is 0.422 e. The summed E-state index contributed by atoms with van der Waals surface area (Å²) < 4.78 is 6.66. The van der Waals surface area contributed by atoms with Crippen LogP contribution in [0, 0.1) is 0 Å². The van der Waals surface area contributed by atoms with E-state index in [4.69, 9.17) is 4.42 Å². The smallest absolute Gasteiger partial charge is 0.346 e. The lowest BCUT2D eigenvalue weighted by Gasteiger charge is -2.09. The van der Waals surface area contributed by atoms with Crippen LogP contribution in [0.5, 0.6) is 0 Å². The first-order valence-corrected chi connectivity index (χ1v) is 8.91. The number of aromatic nitrogens is 1. The first-order chi connectivity index (χ1) is 11.7. The number of para-hydroxylation sites is 1. The van der Waals surface area contributed by atoms with Crippen molar-refractivity contribution >= 4 is 32.5 Å². The third-order valence-corrected chi connectivity index (χ3v) is 5.54. The molecule has 4 aromatic rings. The van der Waals surface area contributed by atoms with Crippen LogP contribution in [-0.2, 0) is 0 Å². The zero-order valence-electron chi connectivity index (χ0n) is 13.6. The van der Waals surface area contributed by atoms with Crippen molar-refractivity contribution in [3.05, 3.63) is 64.5 Å². The number of hydrogen-bond acceptors (Lipinski definition) is 4. The number of rotatable bonds is 3. The van der Waals surface area contributed by atoms with Gasteiger partial charge in [-0.3, -0.25) is 0 Å². The van der Waals surface area contributed by atoms with Crippen LogP contribution in [0.25, 0.3) is 31.8 Å². The van der Waals surface area contributed by atoms with Gasteiger partial charge in [0.2, 0.25) is 0 Å². The molecule has 0 amide bonds. The summed E-state index contributed by atoms with van der Waals surface area (Å²) in [4.78, 5) is 17.0. The molecule has 0 aliphatic carbocycles. The van der Waals surface area contributed by atoms with Gasteiger partial charge in [0, 0.05) is 5.39 Å². The lowest BCUT2D eigenvalue weighted by Crippen LogP contribution is -2.03. The molecule has 1 atom stereocenters. The summed E-state index contributed by atoms with van der Waals surface area (Å²) in [5.74, 6) is 0.448. The minimum Gasteiger partial charge on any atom is -0.422 e. The van der Waals surface area contributed by atoms with E-state index in [9.17, 15) is 4.79 Å². The maximum absolute atomic E-state index is 12.5. The van der Waals surface area contributed by atoms with Gasteiger partial charge in [0.25, 0.3) is 0 Å². The normalized spacial score (nSPS) is 12.8. The van der Waals surface area contributed by atoms with Crippen molar-refractivity contribution in [1.82, 2.24) is 4.98 Å². The molecule has 0 radical (unpaired) electrons. The monoisotopic (exact) mass is 335 g/mol. The molecule has 4 heteroatoms. The highest BCUT2D eigenvalue weighted by atomic mass is 32.1. The first kappa shape index (κ1) is 15.1. The highest BCUT2D eigenvalue weighted by Crippen LogP contribution is 2.30. The minimum atomic E-state index is -0.331. The van der Waals surface area contributed by atoms with E-state index in [1.54, 1.807) is 0 Å². The molecule has 24 heavy (non-hydrogen) atoms. The number of thiazole rings is 1. The summed E-state index contributed by atoms with van der Waals surface area (Å²) in [5.41, 5.74) is 2.94. The van der Waals surface area contributed by atoms with Crippen LogP contribution in [-0.4, -0.2) is 4.98 Å². The van der Waals surface area contributed by atoms with Crippen LogP contribution in [0.2, 0.25) is 0 Å². The predicted octanol–water partition coefficient (Wildman–Crippen LogP) is 5.58. The molecule has 1 unspecified atom stereocenters. The van der Waals surface area contributed by atoms with Crippen molar-refractivity contribution in [1.29, 1.82) is 0 Å². The molecule has 0 N–H and O–H groups in total. The molecule has 0 fully saturated rings. The highest BCUT2D eigenvalue weighted by molar-refractivity contribution is 7.21. The molecule has 0 spiro atoms. The van der Waals surface area contributed by atoms with E-state index < -0.39 is 0 Å². The summed E-state index contributed by atoms with van der Waals surface area (Å²) in [6.45, 7) is 4.33. The van der Waals surface area contributed by atoms with E-state index in [1.165, 1.54) is 16.9 Å². The van der Waals surface area contributed by atoms with Gasteiger partial charge in [0.1, 0.15) is 10.6 Å². The summed E-state index contributed by atoms with van der Waals surface area (Å²) in [6.07, 6.45) is 1.06. The number of hydrogen-bond donors (Lipinski definition) is 0. The molecule has 0 aliphatic rings. The Morgan fingerprint density at radius 3 is 2.79 bits per heavy atom. The molecule has 2 aromatic heterocycles. The molecule has 4 rings (SSSR count). The van der Waals surface area contributed by atoms with E-state index in [0.717, 1.165) is 22.0 Å². The Bertz CT molecular complexity index is 1060. The average molecular weight is 335 g/mol. The third-order valence-electron chi connectivity index (χ3n) is 4.47. The Morgan fingerprint density at radius 1 is 1.17 bits per heavy atom. The summed E-state index contributed by atoms with van der Waals surface area (Å²) in [6, 6.07) is 15.9. The van der Waals surface area contributed by atoms with Crippen molar-refractivity contribution in [2.24, 2.45) is 0 Å². The Hall–Kier alpha value is -2.46. The molecule has 3 nitrogen and oxygen atoms in total. The van der Waals surface area contributed by atoms with Crippen molar-refractivity contribution < 1.29 is 4.42 Å². The Morgan fingerprint density at radius 2 is 2.00 bits per heavy atom. The van der Waals surface area contributed by atoms with Gasteiger partial charge in [-0.15, -0.1) is 11.3 Å². The van der Waals surface area contributed by atoms with Gasteiger partial charge in [0.15, 0.2) is 0 Å². The first-order valence-electron chi connectivity index (χ1n) is 8.09. The van der Waals surface area contributed by atoms with Crippen LogP contribution < -0.4 is 5.63 Å². The molecule has 0 bridgehead atoms. The zero-order valence-corrected chi connectivity index (χ0v) is 14.4. The van der Waals surface area contributed by atoms with Gasteiger partial charge in [-0.05, 0) is 42.2 Å². The second kappa shape index (κ2) is 5.87. The standard InChI is InChI=1S/C20H17NO2S/c1-3-12(2)13-8-9-14-10-15(20(22)23-17(14)11-13)19-21-16-6-4-5-7-18(16)24-19/h4-12H,3H2,1-2H3. The summed E-state index contributed by atoms with van der Waals surface area (Å²) >= 11 is 1.51. The molecule has 0 aliphatic heterocycles. The van der Waals surface area contributed by atoms with Crippen molar-refractivity contribution in [3.8, 4) is 10.6 Å². The number of fused-ring (bicyclic) bond motifs is 2. The maximum atomic E-state index is 12.5. The third kappa shape index (κ3) is 2.53. The second-order valence-electron chi connectivity index (χ2n) is 6.04. The molecular weight excluding hydrogens is 318 g/mol. The van der Waals surface area contributed by atoms with Crippen LogP contribution in [0.1, 0.15) is 31.7 Å². The van der Waals surface area contributed by atoms with Gasteiger partial charge >= 0.3 is 5.63 Å². The number of nitrogens with zero attached hydrogens (tertiary/aromatic N) is 1. The molecule has 120 valence electrons. The van der Waals surface area contributed by atoms with E-state index in [-0.39, 0.29) is 5.63 Å². The molecular formula is C20H17NO2S. The highest BCUT2D eigenvalue weighted by Gasteiger charge is 2.13. The number of benzene rings is 2. The van der Waals surface area contributed by atoms with E-state index in [0.29, 0.717) is 22.1 Å². The molecule has 0 saturated heterocycles.